The van der Waals surface area contributed by atoms with Crippen LogP contribution in [0.5, 0.6) is 0 Å². The number of carbonyl (C=O) groups excluding carboxylic acids is 2. The summed E-state index contributed by atoms with van der Waals surface area (Å²) in [5.41, 5.74) is 0. The van der Waals surface area contributed by atoms with E-state index >= 15 is 0 Å². The minimum Gasteiger partial charge on any atom is -0.349 e. The van der Waals surface area contributed by atoms with Gasteiger partial charge in [0.25, 0.3) is 0 Å². The minimum absolute atomic E-state index is 0.0126. The van der Waals surface area contributed by atoms with Crippen LogP contribution < -0.4 is 5.32 Å². The molecule has 0 aromatic rings. The van der Waals surface area contributed by atoms with Crippen LogP contribution in [0.4, 0.5) is 0 Å². The first-order valence-corrected chi connectivity index (χ1v) is 6.96. The zero-order valence-corrected chi connectivity index (χ0v) is 11.0. The summed E-state index contributed by atoms with van der Waals surface area (Å²) in [7, 11) is 0. The lowest BCUT2D eigenvalue weighted by Gasteiger charge is -2.45. The van der Waals surface area contributed by atoms with Gasteiger partial charge in [-0.2, -0.15) is 0 Å². The Balaban J connectivity index is 2.18. The van der Waals surface area contributed by atoms with E-state index in [1.54, 1.807) is 0 Å². The molecule has 2 saturated heterocycles. The number of carbonyl (C=O) groups is 2. The van der Waals surface area contributed by atoms with Gasteiger partial charge in [0.1, 0.15) is 4.75 Å². The van der Waals surface area contributed by atoms with Crippen molar-refractivity contribution < 1.29 is 9.59 Å². The molecule has 0 aliphatic carbocycles. The molecule has 2 aliphatic heterocycles. The highest BCUT2D eigenvalue weighted by atomic mass is 35.5. The predicted molar refractivity (Wildman–Crippen MR) is 65.5 cm³/mol. The highest BCUT2D eigenvalue weighted by Crippen LogP contribution is 2.52. The number of hydrogen-bond donors (Lipinski definition) is 1. The van der Waals surface area contributed by atoms with E-state index in [1.807, 2.05) is 0 Å². The molecule has 2 rings (SSSR count). The Morgan fingerprint density at radius 3 is 2.69 bits per heavy atom. The molecule has 3 atom stereocenters. The summed E-state index contributed by atoms with van der Waals surface area (Å²) >= 11 is 6.93. The first kappa shape index (κ1) is 12.2. The Bertz CT molecular complexity index is 334. The maximum Gasteiger partial charge on any atom is 0.239 e. The Kier molecular flexibility index (Phi) is 3.23. The summed E-state index contributed by atoms with van der Waals surface area (Å²) in [6.45, 7) is 4.16. The van der Waals surface area contributed by atoms with Gasteiger partial charge >= 0.3 is 0 Å². The van der Waals surface area contributed by atoms with Gasteiger partial charge in [0.05, 0.1) is 12.0 Å². The fourth-order valence-electron chi connectivity index (χ4n) is 2.64. The second-order valence-electron chi connectivity index (χ2n) is 4.94. The van der Waals surface area contributed by atoms with E-state index in [9.17, 15) is 9.59 Å². The van der Waals surface area contributed by atoms with E-state index < -0.39 is 4.75 Å². The van der Waals surface area contributed by atoms with Gasteiger partial charge in [0.2, 0.25) is 5.91 Å². The van der Waals surface area contributed by atoms with E-state index in [0.29, 0.717) is 18.2 Å². The zero-order chi connectivity index (χ0) is 11.9. The Hall–Kier alpha value is -0.220. The normalized spacial score (nSPS) is 37.2. The summed E-state index contributed by atoms with van der Waals surface area (Å²) in [4.78, 5) is 23.6. The van der Waals surface area contributed by atoms with E-state index in [0.717, 1.165) is 6.42 Å². The molecule has 16 heavy (non-hydrogen) atoms. The van der Waals surface area contributed by atoms with Crippen LogP contribution in [0.2, 0.25) is 0 Å². The standard InChI is InChI=1S/C11H16ClNO2S/c1-6(2)5-11-8(13-10(11)15)7(3-4-12)9(14)16-11/h6-8H,3-5H2,1-2H3,(H,13,15)/t7?,8?,11-/m1/s1. The van der Waals surface area contributed by atoms with Crippen LogP contribution in [0.3, 0.4) is 0 Å². The van der Waals surface area contributed by atoms with E-state index in [4.69, 9.17) is 11.6 Å². The second kappa shape index (κ2) is 4.22. The first-order chi connectivity index (χ1) is 7.51. The van der Waals surface area contributed by atoms with Crippen LogP contribution in [0.25, 0.3) is 0 Å². The third-order valence-corrected chi connectivity index (χ3v) is 4.99. The van der Waals surface area contributed by atoms with Crippen molar-refractivity contribution in [3.05, 3.63) is 0 Å². The summed E-state index contributed by atoms with van der Waals surface area (Å²) < 4.78 is -0.484. The van der Waals surface area contributed by atoms with Crippen LogP contribution in [0.15, 0.2) is 0 Å². The van der Waals surface area contributed by atoms with Crippen LogP contribution >= 0.6 is 23.4 Å². The minimum atomic E-state index is -0.484. The Morgan fingerprint density at radius 2 is 2.19 bits per heavy atom. The molecule has 0 radical (unpaired) electrons. The van der Waals surface area contributed by atoms with Crippen molar-refractivity contribution in [1.29, 1.82) is 0 Å². The fraction of sp³-hybridized carbons (Fsp3) is 0.818. The largest absolute Gasteiger partial charge is 0.349 e. The van der Waals surface area contributed by atoms with Crippen LogP contribution in [-0.2, 0) is 9.59 Å². The molecule has 0 saturated carbocycles. The van der Waals surface area contributed by atoms with E-state index in [2.05, 4.69) is 19.2 Å². The van der Waals surface area contributed by atoms with Crippen molar-refractivity contribution in [3.63, 3.8) is 0 Å². The second-order valence-corrected chi connectivity index (χ2v) is 6.66. The molecule has 0 aromatic heterocycles. The van der Waals surface area contributed by atoms with Gasteiger partial charge in [-0.3, -0.25) is 9.59 Å². The molecule has 5 heteroatoms. The summed E-state index contributed by atoms with van der Waals surface area (Å²) in [5.74, 6) is 0.838. The zero-order valence-electron chi connectivity index (χ0n) is 9.46. The topological polar surface area (TPSA) is 46.2 Å². The molecule has 3 nitrogen and oxygen atoms in total. The lowest BCUT2D eigenvalue weighted by Crippen LogP contribution is -2.70. The molecule has 1 amide bonds. The molecular formula is C11H16ClNO2S. The van der Waals surface area contributed by atoms with Crippen molar-refractivity contribution in [2.75, 3.05) is 5.88 Å². The summed E-state index contributed by atoms with van der Waals surface area (Å²) in [5, 5.41) is 3.01. The highest BCUT2D eigenvalue weighted by Gasteiger charge is 2.65. The third kappa shape index (κ3) is 1.66. The lowest BCUT2D eigenvalue weighted by molar-refractivity contribution is -0.134. The third-order valence-electron chi connectivity index (χ3n) is 3.29. The van der Waals surface area contributed by atoms with Gasteiger partial charge in [-0.05, 0) is 18.8 Å². The van der Waals surface area contributed by atoms with Crippen molar-refractivity contribution in [1.82, 2.24) is 5.32 Å². The molecule has 2 fully saturated rings. The molecular weight excluding hydrogens is 246 g/mol. The number of halogens is 1. The van der Waals surface area contributed by atoms with Crippen LogP contribution in [-0.4, -0.2) is 27.7 Å². The van der Waals surface area contributed by atoms with Crippen molar-refractivity contribution >= 4 is 34.4 Å². The lowest BCUT2D eigenvalue weighted by atomic mass is 9.76. The quantitative estimate of drug-likeness (QED) is 0.620. The monoisotopic (exact) mass is 261 g/mol. The van der Waals surface area contributed by atoms with Gasteiger partial charge in [0, 0.05) is 5.88 Å². The highest BCUT2D eigenvalue weighted by molar-refractivity contribution is 8.16. The molecule has 0 spiro atoms. The van der Waals surface area contributed by atoms with Crippen LogP contribution in [0, 0.1) is 11.8 Å². The number of hydrogen-bond acceptors (Lipinski definition) is 3. The maximum absolute atomic E-state index is 11.9. The van der Waals surface area contributed by atoms with Crippen molar-refractivity contribution in [2.45, 2.75) is 37.5 Å². The van der Waals surface area contributed by atoms with Crippen molar-refractivity contribution in [3.8, 4) is 0 Å². The number of alkyl halides is 1. The Labute approximate surface area is 105 Å². The summed E-state index contributed by atoms with van der Waals surface area (Å²) in [6, 6.07) is 0.0126. The van der Waals surface area contributed by atoms with Gasteiger partial charge in [-0.1, -0.05) is 25.6 Å². The molecule has 2 aliphatic rings. The smallest absolute Gasteiger partial charge is 0.239 e. The van der Waals surface area contributed by atoms with Gasteiger partial charge < -0.3 is 5.32 Å². The fourth-order valence-corrected chi connectivity index (χ4v) is 4.56. The molecule has 0 aromatic carbocycles. The number of β-lactam (4-membered cyclic amide) rings is 1. The number of thioether (sulfide) groups is 1. The SMILES string of the molecule is CC(C)C[C@@]12SC(=O)C(CCCl)C1NC2=O. The molecule has 2 unspecified atom stereocenters. The van der Waals surface area contributed by atoms with Crippen LogP contribution in [0.1, 0.15) is 26.7 Å². The number of fused-ring (bicyclic) bond motifs is 1. The number of rotatable bonds is 4. The van der Waals surface area contributed by atoms with E-state index in [1.165, 1.54) is 11.8 Å². The van der Waals surface area contributed by atoms with Crippen molar-refractivity contribution in [2.24, 2.45) is 11.8 Å². The molecule has 0 bridgehead atoms. The molecule has 90 valence electrons. The average Bonchev–Trinajstić information content (AvgIpc) is 2.39. The number of amides is 1. The number of nitrogens with one attached hydrogen (secondary N) is 1. The molecule has 2 heterocycles. The maximum atomic E-state index is 11.9. The van der Waals surface area contributed by atoms with Gasteiger partial charge in [-0.25, -0.2) is 0 Å². The van der Waals surface area contributed by atoms with Gasteiger partial charge in [-0.15, -0.1) is 11.6 Å². The first-order valence-electron chi connectivity index (χ1n) is 5.61. The predicted octanol–water partition coefficient (Wildman–Crippen LogP) is 1.79. The summed E-state index contributed by atoms with van der Waals surface area (Å²) in [6.07, 6.45) is 1.44. The Morgan fingerprint density at radius 1 is 1.50 bits per heavy atom. The van der Waals surface area contributed by atoms with Gasteiger partial charge in [0.15, 0.2) is 5.12 Å². The van der Waals surface area contributed by atoms with E-state index in [-0.39, 0.29) is 23.0 Å². The average molecular weight is 262 g/mol. The molecule has 1 N–H and O–H groups in total.